The maximum Gasteiger partial charge on any atom is 0.408 e. The molecule has 0 aromatic heterocycles. The highest BCUT2D eigenvalue weighted by Crippen LogP contribution is 2.47. The summed E-state index contributed by atoms with van der Waals surface area (Å²) in [6, 6.07) is 5.69. The van der Waals surface area contributed by atoms with Gasteiger partial charge in [0.15, 0.2) is 0 Å². The number of ether oxygens (including phenoxy) is 1. The van der Waals surface area contributed by atoms with Crippen LogP contribution in [0.1, 0.15) is 84.3 Å². The zero-order valence-corrected chi connectivity index (χ0v) is 25.1. The molecular formula is C31H43N5O5. The second-order valence-electron chi connectivity index (χ2n) is 13.1. The molecule has 0 unspecified atom stereocenters. The summed E-state index contributed by atoms with van der Waals surface area (Å²) >= 11 is 0. The van der Waals surface area contributed by atoms with Crippen LogP contribution in [0.4, 0.5) is 10.5 Å². The third-order valence-corrected chi connectivity index (χ3v) is 8.31. The van der Waals surface area contributed by atoms with Crippen molar-refractivity contribution in [2.75, 3.05) is 18.9 Å². The number of fused-ring (bicyclic) bond motifs is 2. The lowest BCUT2D eigenvalue weighted by Crippen LogP contribution is -2.56. The lowest BCUT2D eigenvalue weighted by molar-refractivity contribution is -0.146. The van der Waals surface area contributed by atoms with Gasteiger partial charge in [-0.05, 0) is 69.6 Å². The number of carbonyl (C=O) groups is 4. The third kappa shape index (κ3) is 6.34. The van der Waals surface area contributed by atoms with E-state index in [9.17, 15) is 24.4 Å². The van der Waals surface area contributed by atoms with Gasteiger partial charge in [0.1, 0.15) is 23.7 Å². The first-order chi connectivity index (χ1) is 19.3. The normalized spacial score (nSPS) is 27.1. The fraction of sp³-hybridized carbons (Fsp3) is 0.645. The monoisotopic (exact) mass is 565 g/mol. The molecule has 1 spiro atoms. The Hall–Kier alpha value is -3.61. The van der Waals surface area contributed by atoms with Crippen LogP contribution >= 0.6 is 0 Å². The number of alkyl carbamates (subject to hydrolysis) is 1. The number of aryl methyl sites for hydroxylation is 1. The standard InChI is InChI=1S/C31H43N5O5/c1-19(2)14-25-27(38)36-18-31(16-21(36)17-32)22-15-20(12-13-23(22)33-28(31)39)10-8-7-9-11-24(26(37)35(25)6)34-29(40)41-30(3,4)5/h12-13,15,19,21,24-25H,7-11,14,16,18H2,1-6H3,(H,33,39)(H,34,40)/t21-,24-,25-,31-/m0/s1. The van der Waals surface area contributed by atoms with E-state index >= 15 is 0 Å². The Morgan fingerprint density at radius 3 is 2.59 bits per heavy atom. The summed E-state index contributed by atoms with van der Waals surface area (Å²) < 4.78 is 5.44. The van der Waals surface area contributed by atoms with Crippen molar-refractivity contribution in [3.05, 3.63) is 29.3 Å². The first-order valence-corrected chi connectivity index (χ1v) is 14.7. The lowest BCUT2D eigenvalue weighted by atomic mass is 9.79. The Morgan fingerprint density at radius 2 is 1.93 bits per heavy atom. The first kappa shape index (κ1) is 30.4. The van der Waals surface area contributed by atoms with Gasteiger partial charge >= 0.3 is 6.09 Å². The SMILES string of the molecule is CC(C)C[C@H]1C(=O)N2C[C@]3(C[C@H]2C#N)C(=O)Nc2ccc(cc23)CCCCC[C@H](NC(=O)OC(C)(C)C)C(=O)N1C. The van der Waals surface area contributed by atoms with Gasteiger partial charge in [0.2, 0.25) is 17.7 Å². The number of amides is 4. The van der Waals surface area contributed by atoms with E-state index < -0.39 is 35.2 Å². The van der Waals surface area contributed by atoms with Gasteiger partial charge in [-0.3, -0.25) is 14.4 Å². The Labute approximate surface area is 242 Å². The van der Waals surface area contributed by atoms with E-state index in [2.05, 4.69) is 22.8 Å². The Bertz CT molecular complexity index is 1250. The van der Waals surface area contributed by atoms with E-state index in [0.29, 0.717) is 19.3 Å². The summed E-state index contributed by atoms with van der Waals surface area (Å²) in [6.07, 6.45) is 3.48. The largest absolute Gasteiger partial charge is 0.444 e. The van der Waals surface area contributed by atoms with Crippen LogP contribution in [0.2, 0.25) is 0 Å². The molecule has 0 radical (unpaired) electrons. The number of anilines is 1. The minimum absolute atomic E-state index is 0.0669. The van der Waals surface area contributed by atoms with Gasteiger partial charge in [-0.2, -0.15) is 5.26 Å². The molecule has 0 saturated carbocycles. The number of likely N-dealkylation sites (N-methyl/N-ethyl adjacent to an activating group) is 1. The third-order valence-electron chi connectivity index (χ3n) is 8.31. The topological polar surface area (TPSA) is 132 Å². The van der Waals surface area contributed by atoms with Crippen molar-refractivity contribution in [2.45, 2.75) is 109 Å². The van der Waals surface area contributed by atoms with Gasteiger partial charge in [0.05, 0.1) is 11.5 Å². The molecule has 1 aromatic carbocycles. The quantitative estimate of drug-likeness (QED) is 0.572. The maximum atomic E-state index is 14.2. The minimum atomic E-state index is -1.01. The molecule has 4 rings (SSSR count). The summed E-state index contributed by atoms with van der Waals surface area (Å²) in [6.45, 7) is 9.28. The summed E-state index contributed by atoms with van der Waals surface area (Å²) in [5.74, 6) is -0.876. The molecule has 10 heteroatoms. The maximum absolute atomic E-state index is 14.2. The zero-order valence-electron chi connectivity index (χ0n) is 25.1. The van der Waals surface area contributed by atoms with E-state index in [-0.39, 0.29) is 36.6 Å². The second kappa shape index (κ2) is 11.7. The fourth-order valence-corrected chi connectivity index (χ4v) is 6.25. The molecule has 41 heavy (non-hydrogen) atoms. The number of nitrogens with zero attached hydrogens (tertiary/aromatic N) is 3. The van der Waals surface area contributed by atoms with Crippen LogP contribution < -0.4 is 10.6 Å². The van der Waals surface area contributed by atoms with E-state index in [4.69, 9.17) is 4.74 Å². The number of nitrogens with one attached hydrogen (secondary N) is 2. The van der Waals surface area contributed by atoms with Crippen molar-refractivity contribution >= 4 is 29.5 Å². The summed E-state index contributed by atoms with van der Waals surface area (Å²) in [5, 5.41) is 15.9. The Morgan fingerprint density at radius 1 is 1.20 bits per heavy atom. The number of hydrogen-bond donors (Lipinski definition) is 2. The van der Waals surface area contributed by atoms with Crippen molar-refractivity contribution in [1.82, 2.24) is 15.1 Å². The predicted octanol–water partition coefficient (Wildman–Crippen LogP) is 3.88. The lowest BCUT2D eigenvalue weighted by Gasteiger charge is -2.35. The number of carbonyl (C=O) groups excluding carboxylic acids is 4. The van der Waals surface area contributed by atoms with Crippen molar-refractivity contribution in [2.24, 2.45) is 5.92 Å². The van der Waals surface area contributed by atoms with Gasteiger partial charge in [0, 0.05) is 25.7 Å². The highest BCUT2D eigenvalue weighted by atomic mass is 16.6. The van der Waals surface area contributed by atoms with Crippen molar-refractivity contribution < 1.29 is 23.9 Å². The molecular weight excluding hydrogens is 522 g/mol. The van der Waals surface area contributed by atoms with Gasteiger partial charge < -0.3 is 25.2 Å². The molecule has 0 aliphatic carbocycles. The molecule has 1 saturated heterocycles. The second-order valence-corrected chi connectivity index (χ2v) is 13.1. The summed E-state index contributed by atoms with van der Waals surface area (Å²) in [7, 11) is 1.58. The fourth-order valence-electron chi connectivity index (χ4n) is 6.25. The number of nitriles is 1. The van der Waals surface area contributed by atoms with E-state index in [1.807, 2.05) is 26.0 Å². The van der Waals surface area contributed by atoms with Crippen molar-refractivity contribution in [1.29, 1.82) is 5.26 Å². The van der Waals surface area contributed by atoms with Crippen LogP contribution in [0.3, 0.4) is 0 Å². The first-order valence-electron chi connectivity index (χ1n) is 14.7. The Kier molecular flexibility index (Phi) is 8.67. The molecule has 1 aromatic rings. The number of rotatable bonds is 3. The van der Waals surface area contributed by atoms with Crippen LogP contribution in [0.15, 0.2) is 18.2 Å². The molecule has 2 N–H and O–H groups in total. The van der Waals surface area contributed by atoms with Crippen LogP contribution in [0, 0.1) is 17.2 Å². The average Bonchev–Trinajstić information content (AvgIpc) is 3.41. The molecule has 4 amide bonds. The smallest absolute Gasteiger partial charge is 0.408 e. The molecule has 4 bridgehead atoms. The van der Waals surface area contributed by atoms with Gasteiger partial charge in [-0.1, -0.05) is 38.8 Å². The molecule has 3 heterocycles. The van der Waals surface area contributed by atoms with E-state index in [1.165, 1.54) is 9.80 Å². The van der Waals surface area contributed by atoms with Gasteiger partial charge in [-0.15, -0.1) is 0 Å². The minimum Gasteiger partial charge on any atom is -0.444 e. The average molecular weight is 566 g/mol. The Balaban J connectivity index is 1.73. The van der Waals surface area contributed by atoms with E-state index in [1.54, 1.807) is 27.8 Å². The highest BCUT2D eigenvalue weighted by molar-refractivity contribution is 6.07. The zero-order chi connectivity index (χ0) is 30.1. The predicted molar refractivity (Wildman–Crippen MR) is 154 cm³/mol. The molecule has 3 aliphatic heterocycles. The molecule has 3 aliphatic rings. The number of benzene rings is 1. The van der Waals surface area contributed by atoms with Crippen LogP contribution in [-0.4, -0.2) is 70.9 Å². The van der Waals surface area contributed by atoms with Crippen LogP contribution in [0.5, 0.6) is 0 Å². The number of hydrogen-bond acceptors (Lipinski definition) is 6. The van der Waals surface area contributed by atoms with Gasteiger partial charge in [0.25, 0.3) is 0 Å². The van der Waals surface area contributed by atoms with Crippen LogP contribution in [-0.2, 0) is 31.0 Å². The molecule has 4 atom stereocenters. The molecule has 10 nitrogen and oxygen atoms in total. The molecule has 222 valence electrons. The van der Waals surface area contributed by atoms with E-state index in [0.717, 1.165) is 36.1 Å². The summed E-state index contributed by atoms with van der Waals surface area (Å²) in [5.41, 5.74) is 0.917. The van der Waals surface area contributed by atoms with Gasteiger partial charge in [-0.25, -0.2) is 4.79 Å². The summed E-state index contributed by atoms with van der Waals surface area (Å²) in [4.78, 5) is 57.1. The van der Waals surface area contributed by atoms with Crippen LogP contribution in [0.25, 0.3) is 0 Å². The molecule has 1 fully saturated rings. The van der Waals surface area contributed by atoms with Crippen molar-refractivity contribution in [3.63, 3.8) is 0 Å². The van der Waals surface area contributed by atoms with Crippen molar-refractivity contribution in [3.8, 4) is 6.07 Å². The highest BCUT2D eigenvalue weighted by Gasteiger charge is 2.57.